The number of hydrogen-bond acceptors (Lipinski definition) is 4. The highest BCUT2D eigenvalue weighted by Gasteiger charge is 2.26. The summed E-state index contributed by atoms with van der Waals surface area (Å²) in [7, 11) is -3.25. The van der Waals surface area contributed by atoms with Crippen molar-refractivity contribution < 1.29 is 4.21 Å². The third-order valence-electron chi connectivity index (χ3n) is 3.59. The van der Waals surface area contributed by atoms with E-state index in [1.54, 1.807) is 16.4 Å². The molecule has 5 nitrogen and oxygen atoms in total. The summed E-state index contributed by atoms with van der Waals surface area (Å²) < 4.78 is 23.1. The molecular formula is C16H17ClN4OS. The van der Waals surface area contributed by atoms with Gasteiger partial charge in [0.25, 0.3) is 0 Å². The van der Waals surface area contributed by atoms with Crippen molar-refractivity contribution in [1.82, 2.24) is 9.29 Å². The number of pyridine rings is 1. The van der Waals surface area contributed by atoms with E-state index in [2.05, 4.69) is 4.98 Å². The Bertz CT molecular complexity index is 828. The van der Waals surface area contributed by atoms with Crippen LogP contribution in [0, 0.1) is 16.1 Å². The molecule has 2 atom stereocenters. The van der Waals surface area contributed by atoms with E-state index in [0.29, 0.717) is 11.6 Å². The fourth-order valence-corrected chi connectivity index (χ4v) is 4.17. The van der Waals surface area contributed by atoms with Gasteiger partial charge in [-0.05, 0) is 30.7 Å². The summed E-state index contributed by atoms with van der Waals surface area (Å²) in [6.07, 6.45) is 2.77. The molecule has 0 bridgehead atoms. The fraction of sp³-hybridized carbons (Fsp3) is 0.250. The molecule has 1 aromatic carbocycles. The lowest BCUT2D eigenvalue weighted by molar-refractivity contribution is 0.375. The summed E-state index contributed by atoms with van der Waals surface area (Å²) in [5, 5.41) is 9.59. The predicted octanol–water partition coefficient (Wildman–Crippen LogP) is 4.01. The molecule has 0 amide bonds. The van der Waals surface area contributed by atoms with Gasteiger partial charge >= 0.3 is 0 Å². The van der Waals surface area contributed by atoms with Crippen molar-refractivity contribution in [2.75, 3.05) is 6.54 Å². The van der Waals surface area contributed by atoms with Gasteiger partial charge in [-0.2, -0.15) is 5.26 Å². The zero-order valence-electron chi connectivity index (χ0n) is 12.9. The van der Waals surface area contributed by atoms with E-state index in [9.17, 15) is 4.21 Å². The molecule has 0 aliphatic heterocycles. The summed E-state index contributed by atoms with van der Waals surface area (Å²) in [5.41, 5.74) is 1.21. The number of nitrogens with zero attached hydrogens (tertiary/aromatic N) is 3. The Balaban J connectivity index is 2.42. The number of benzene rings is 1. The van der Waals surface area contributed by atoms with Gasteiger partial charge in [-0.3, -0.25) is 4.98 Å². The first-order valence-corrected chi connectivity index (χ1v) is 8.95. The highest BCUT2D eigenvalue weighted by atomic mass is 35.5. The maximum atomic E-state index is 13.1. The van der Waals surface area contributed by atoms with Gasteiger partial charge in [-0.1, -0.05) is 30.7 Å². The van der Waals surface area contributed by atoms with Crippen LogP contribution in [-0.4, -0.2) is 20.0 Å². The summed E-state index contributed by atoms with van der Waals surface area (Å²) in [6.45, 7) is 4.16. The SMILES string of the molecule is CCN(C(C)c1ccc(Cl)cc1)S(=N)(=O)c1cncc(C#N)c1. The van der Waals surface area contributed by atoms with Crippen molar-refractivity contribution in [3.05, 3.63) is 58.9 Å². The van der Waals surface area contributed by atoms with Crippen molar-refractivity contribution in [3.8, 4) is 6.07 Å². The molecule has 23 heavy (non-hydrogen) atoms. The Morgan fingerprint density at radius 3 is 2.61 bits per heavy atom. The molecule has 2 unspecified atom stereocenters. The average Bonchev–Trinajstić information content (AvgIpc) is 2.55. The Labute approximate surface area is 141 Å². The van der Waals surface area contributed by atoms with Gasteiger partial charge in [0.05, 0.1) is 10.5 Å². The first-order valence-electron chi connectivity index (χ1n) is 7.06. The zero-order chi connectivity index (χ0) is 17.0. The van der Waals surface area contributed by atoms with Crippen LogP contribution < -0.4 is 0 Å². The molecule has 0 saturated heterocycles. The molecule has 0 spiro atoms. The van der Waals surface area contributed by atoms with Gasteiger partial charge in [0.1, 0.15) is 16.0 Å². The standard InChI is InChI=1S/C16H17ClN4OS/c1-3-21(12(2)14-4-6-15(17)7-5-14)23(19,22)16-8-13(9-18)10-20-11-16/h4-8,10-12,19H,3H2,1-2H3. The maximum Gasteiger partial charge on any atom is 0.139 e. The normalized spacial score (nSPS) is 14.9. The summed E-state index contributed by atoms with van der Waals surface area (Å²) in [5.74, 6) is 0. The van der Waals surface area contributed by atoms with Gasteiger partial charge in [-0.25, -0.2) is 13.3 Å². The lowest BCUT2D eigenvalue weighted by atomic mass is 10.1. The Hall–Kier alpha value is -1.94. The van der Waals surface area contributed by atoms with Crippen LogP contribution in [0.15, 0.2) is 47.6 Å². The zero-order valence-corrected chi connectivity index (χ0v) is 14.4. The van der Waals surface area contributed by atoms with Crippen molar-refractivity contribution >= 4 is 21.5 Å². The Morgan fingerprint density at radius 1 is 1.39 bits per heavy atom. The lowest BCUT2D eigenvalue weighted by Gasteiger charge is -2.29. The third-order valence-corrected chi connectivity index (χ3v) is 5.94. The molecule has 0 fully saturated rings. The van der Waals surface area contributed by atoms with E-state index in [0.717, 1.165) is 5.56 Å². The molecule has 1 heterocycles. The highest BCUT2D eigenvalue weighted by molar-refractivity contribution is 7.90. The number of nitriles is 1. The predicted molar refractivity (Wildman–Crippen MR) is 90.3 cm³/mol. The van der Waals surface area contributed by atoms with E-state index in [1.807, 2.05) is 32.0 Å². The van der Waals surface area contributed by atoms with Gasteiger partial charge in [0.15, 0.2) is 0 Å². The second kappa shape index (κ2) is 7.09. The van der Waals surface area contributed by atoms with E-state index < -0.39 is 9.92 Å². The fourth-order valence-electron chi connectivity index (χ4n) is 2.35. The Kier molecular flexibility index (Phi) is 5.37. The topological polar surface area (TPSA) is 80.8 Å². The van der Waals surface area contributed by atoms with Crippen LogP contribution in [0.3, 0.4) is 0 Å². The van der Waals surface area contributed by atoms with Crippen LogP contribution in [0.25, 0.3) is 0 Å². The molecule has 0 radical (unpaired) electrons. The first kappa shape index (κ1) is 17.4. The third kappa shape index (κ3) is 3.70. The molecule has 1 N–H and O–H groups in total. The molecule has 7 heteroatoms. The Morgan fingerprint density at radius 2 is 2.04 bits per heavy atom. The van der Waals surface area contributed by atoms with Crippen LogP contribution in [0.1, 0.15) is 31.0 Å². The number of nitrogens with one attached hydrogen (secondary N) is 1. The molecular weight excluding hydrogens is 332 g/mol. The van der Waals surface area contributed by atoms with Crippen molar-refractivity contribution in [3.63, 3.8) is 0 Å². The second-order valence-electron chi connectivity index (χ2n) is 5.01. The largest absolute Gasteiger partial charge is 0.262 e. The van der Waals surface area contributed by atoms with Gasteiger partial charge in [0, 0.05) is 30.0 Å². The summed E-state index contributed by atoms with van der Waals surface area (Å²) in [6, 6.07) is 10.4. The quantitative estimate of drug-likeness (QED) is 0.886. The van der Waals surface area contributed by atoms with Crippen LogP contribution in [0.2, 0.25) is 5.02 Å². The van der Waals surface area contributed by atoms with Gasteiger partial charge in [-0.15, -0.1) is 0 Å². The number of hydrogen-bond donors (Lipinski definition) is 1. The minimum absolute atomic E-state index is 0.235. The van der Waals surface area contributed by atoms with E-state index >= 15 is 0 Å². The monoisotopic (exact) mass is 348 g/mol. The second-order valence-corrected chi connectivity index (χ2v) is 7.44. The first-order chi connectivity index (χ1) is 10.9. The average molecular weight is 349 g/mol. The van der Waals surface area contributed by atoms with Crippen LogP contribution in [0.4, 0.5) is 0 Å². The maximum absolute atomic E-state index is 13.1. The van der Waals surface area contributed by atoms with E-state index in [1.165, 1.54) is 18.5 Å². The van der Waals surface area contributed by atoms with Gasteiger partial charge in [0.2, 0.25) is 0 Å². The van der Waals surface area contributed by atoms with Crippen molar-refractivity contribution in [2.45, 2.75) is 24.8 Å². The molecule has 2 aromatic rings. The molecule has 0 aliphatic carbocycles. The highest BCUT2D eigenvalue weighted by Crippen LogP contribution is 2.28. The van der Waals surface area contributed by atoms with Crippen molar-refractivity contribution in [1.29, 1.82) is 10.0 Å². The number of halogens is 1. The number of rotatable bonds is 5. The number of aromatic nitrogens is 1. The summed E-state index contributed by atoms with van der Waals surface area (Å²) in [4.78, 5) is 4.15. The van der Waals surface area contributed by atoms with Gasteiger partial charge < -0.3 is 0 Å². The van der Waals surface area contributed by atoms with Crippen LogP contribution >= 0.6 is 11.6 Å². The minimum atomic E-state index is -3.25. The van der Waals surface area contributed by atoms with E-state index in [-0.39, 0.29) is 16.5 Å². The lowest BCUT2D eigenvalue weighted by Crippen LogP contribution is -2.32. The van der Waals surface area contributed by atoms with Crippen molar-refractivity contribution in [2.24, 2.45) is 0 Å². The molecule has 1 aromatic heterocycles. The molecule has 120 valence electrons. The minimum Gasteiger partial charge on any atom is -0.262 e. The molecule has 0 saturated carbocycles. The molecule has 2 rings (SSSR count). The van der Waals surface area contributed by atoms with Crippen LogP contribution in [0.5, 0.6) is 0 Å². The van der Waals surface area contributed by atoms with E-state index in [4.69, 9.17) is 21.6 Å². The molecule has 0 aliphatic rings. The summed E-state index contributed by atoms with van der Waals surface area (Å²) >= 11 is 5.90. The smallest absolute Gasteiger partial charge is 0.139 e. The van der Waals surface area contributed by atoms with Crippen LogP contribution in [-0.2, 0) is 9.92 Å².